The van der Waals surface area contributed by atoms with Crippen LogP contribution in [0.3, 0.4) is 0 Å². The highest BCUT2D eigenvalue weighted by molar-refractivity contribution is 5.67. The summed E-state index contributed by atoms with van der Waals surface area (Å²) < 4.78 is 23.3. The summed E-state index contributed by atoms with van der Waals surface area (Å²) in [4.78, 5) is 35.4. The normalized spacial score (nSPS) is 48.6. The molecule has 1 aliphatic heterocycles. The average Bonchev–Trinajstić information content (AvgIpc) is 3.50. The van der Waals surface area contributed by atoms with Crippen molar-refractivity contribution in [3.05, 3.63) is 34.4 Å². The van der Waals surface area contributed by atoms with E-state index in [9.17, 15) is 19.5 Å². The van der Waals surface area contributed by atoms with Gasteiger partial charge < -0.3 is 23.7 Å². The second kappa shape index (κ2) is 7.67. The van der Waals surface area contributed by atoms with Gasteiger partial charge in [-0.25, -0.2) is 4.79 Å². The van der Waals surface area contributed by atoms with Gasteiger partial charge in [0.15, 0.2) is 0 Å². The van der Waals surface area contributed by atoms with E-state index in [1.54, 1.807) is 6.07 Å². The number of epoxide rings is 1. The van der Waals surface area contributed by atoms with E-state index in [1.165, 1.54) is 26.2 Å². The molecule has 5 aliphatic rings. The van der Waals surface area contributed by atoms with E-state index in [0.717, 1.165) is 37.7 Å². The van der Waals surface area contributed by atoms with Crippen LogP contribution in [0.15, 0.2) is 27.6 Å². The standard InChI is InChI=1S/C28H36O8/c1-15(29)34-18-7-10-25(3)19-8-11-26(4)22(17-5-6-21(31)33-14-17)23(35-16(2)30)24-28(26,36-24)20(19)9-12-27(25,32)13-18/h5-6,14,18-20,22-24,32H,7-13H2,1-4H3/t18?,19-,20+,22-,23?,24?,25+,26+,27?,28+/m0/s1. The lowest BCUT2D eigenvalue weighted by molar-refractivity contribution is -0.228. The number of rotatable bonds is 3. The molecule has 6 rings (SSSR count). The van der Waals surface area contributed by atoms with Crippen LogP contribution in [0.4, 0.5) is 0 Å². The van der Waals surface area contributed by atoms with E-state index in [1.807, 2.05) is 0 Å². The Hall–Kier alpha value is -2.19. The molecule has 1 spiro atoms. The van der Waals surface area contributed by atoms with Gasteiger partial charge in [0, 0.05) is 37.7 Å². The SMILES string of the molecule is CC(=O)OC1CC[C@]2(C)[C@H]3CC[C@]4(C)[C@@H](c5ccc(=O)oc5)C(OC(C)=O)C5O[C@]54[C@@H]3CCC2(O)C1. The van der Waals surface area contributed by atoms with Crippen LogP contribution in [0.25, 0.3) is 0 Å². The third kappa shape index (κ3) is 3.03. The fourth-order valence-corrected chi connectivity index (χ4v) is 9.41. The zero-order valence-electron chi connectivity index (χ0n) is 21.5. The first kappa shape index (κ1) is 24.2. The van der Waals surface area contributed by atoms with Crippen molar-refractivity contribution < 1.29 is 33.3 Å². The maximum atomic E-state index is 12.2. The first-order valence-electron chi connectivity index (χ1n) is 13.3. The van der Waals surface area contributed by atoms with Crippen molar-refractivity contribution in [1.29, 1.82) is 0 Å². The molecule has 0 amide bonds. The van der Waals surface area contributed by atoms with E-state index in [4.69, 9.17) is 18.6 Å². The molecule has 0 aromatic carbocycles. The Bertz CT molecular complexity index is 1140. The van der Waals surface area contributed by atoms with Crippen LogP contribution >= 0.6 is 0 Å². The van der Waals surface area contributed by atoms with E-state index in [0.29, 0.717) is 12.8 Å². The van der Waals surface area contributed by atoms with Crippen molar-refractivity contribution in [3.63, 3.8) is 0 Å². The van der Waals surface area contributed by atoms with Crippen LogP contribution in [0.5, 0.6) is 0 Å². The van der Waals surface area contributed by atoms with Crippen molar-refractivity contribution >= 4 is 11.9 Å². The summed E-state index contributed by atoms with van der Waals surface area (Å²) in [5.41, 5.74) is -1.51. The fraction of sp³-hybridized carbons (Fsp3) is 0.750. The molecule has 0 radical (unpaired) electrons. The zero-order valence-corrected chi connectivity index (χ0v) is 21.5. The highest BCUT2D eigenvalue weighted by Crippen LogP contribution is 2.78. The monoisotopic (exact) mass is 500 g/mol. The Morgan fingerprint density at radius 2 is 1.67 bits per heavy atom. The lowest BCUT2D eigenvalue weighted by Gasteiger charge is -2.64. The minimum Gasteiger partial charge on any atom is -0.462 e. The van der Waals surface area contributed by atoms with Crippen LogP contribution in [0.2, 0.25) is 0 Å². The Kier molecular flexibility index (Phi) is 5.15. The first-order valence-corrected chi connectivity index (χ1v) is 13.3. The highest BCUT2D eigenvalue weighted by Gasteiger charge is 2.85. The number of esters is 2. The Balaban J connectivity index is 1.36. The minimum atomic E-state index is -0.891. The van der Waals surface area contributed by atoms with Gasteiger partial charge >= 0.3 is 17.6 Å². The lowest BCUT2D eigenvalue weighted by atomic mass is 9.42. The summed E-state index contributed by atoms with van der Waals surface area (Å²) in [5.74, 6) is -0.319. The Labute approximate surface area is 210 Å². The molecule has 1 saturated heterocycles. The quantitative estimate of drug-likeness (QED) is 0.495. The number of carbonyl (C=O) groups is 2. The van der Waals surface area contributed by atoms with E-state index >= 15 is 0 Å². The van der Waals surface area contributed by atoms with Gasteiger partial charge in [-0.2, -0.15) is 0 Å². The summed E-state index contributed by atoms with van der Waals surface area (Å²) >= 11 is 0. The molecule has 4 unspecified atom stereocenters. The van der Waals surface area contributed by atoms with Gasteiger partial charge in [0.1, 0.15) is 23.9 Å². The fourth-order valence-electron chi connectivity index (χ4n) is 9.41. The van der Waals surface area contributed by atoms with Crippen LogP contribution in [-0.4, -0.2) is 46.6 Å². The van der Waals surface area contributed by atoms with Crippen molar-refractivity contribution in [2.24, 2.45) is 22.7 Å². The highest BCUT2D eigenvalue weighted by atomic mass is 16.7. The van der Waals surface area contributed by atoms with Gasteiger partial charge in [-0.3, -0.25) is 9.59 Å². The van der Waals surface area contributed by atoms with Crippen LogP contribution in [0.1, 0.15) is 84.1 Å². The molecule has 5 fully saturated rings. The second-order valence-corrected chi connectivity index (χ2v) is 12.4. The molecule has 36 heavy (non-hydrogen) atoms. The van der Waals surface area contributed by atoms with Crippen LogP contribution < -0.4 is 5.63 Å². The van der Waals surface area contributed by atoms with Crippen molar-refractivity contribution in [3.8, 4) is 0 Å². The largest absolute Gasteiger partial charge is 0.462 e. The van der Waals surface area contributed by atoms with Gasteiger partial charge in [-0.05, 0) is 67.4 Å². The number of carbonyl (C=O) groups excluding carboxylic acids is 2. The molecule has 10 atom stereocenters. The third-order valence-electron chi connectivity index (χ3n) is 10.9. The topological polar surface area (TPSA) is 116 Å². The predicted molar refractivity (Wildman–Crippen MR) is 127 cm³/mol. The zero-order chi connectivity index (χ0) is 25.7. The molecule has 4 aliphatic carbocycles. The first-order chi connectivity index (χ1) is 16.9. The van der Waals surface area contributed by atoms with Gasteiger partial charge in [-0.15, -0.1) is 0 Å². The van der Waals surface area contributed by atoms with E-state index in [-0.39, 0.29) is 52.7 Å². The van der Waals surface area contributed by atoms with Crippen LogP contribution in [0, 0.1) is 22.7 Å². The van der Waals surface area contributed by atoms with Crippen molar-refractivity contribution in [1.82, 2.24) is 0 Å². The number of aliphatic hydroxyl groups is 1. The van der Waals surface area contributed by atoms with Gasteiger partial charge in [0.25, 0.3) is 0 Å². The number of ether oxygens (including phenoxy) is 3. The van der Waals surface area contributed by atoms with Crippen molar-refractivity contribution in [2.75, 3.05) is 0 Å². The second-order valence-electron chi connectivity index (χ2n) is 12.4. The average molecular weight is 501 g/mol. The summed E-state index contributed by atoms with van der Waals surface area (Å²) in [6.45, 7) is 7.30. The molecule has 2 heterocycles. The minimum absolute atomic E-state index is 0.140. The number of fused-ring (bicyclic) bond motifs is 3. The number of hydrogen-bond donors (Lipinski definition) is 1. The van der Waals surface area contributed by atoms with E-state index < -0.39 is 22.9 Å². The summed E-state index contributed by atoms with van der Waals surface area (Å²) in [6.07, 6.45) is 5.82. The molecule has 1 N–H and O–H groups in total. The molecule has 196 valence electrons. The molecule has 0 bridgehead atoms. The third-order valence-corrected chi connectivity index (χ3v) is 10.9. The molecule has 1 aromatic heterocycles. The van der Waals surface area contributed by atoms with Crippen LogP contribution in [-0.2, 0) is 23.8 Å². The Morgan fingerprint density at radius 1 is 0.972 bits per heavy atom. The Morgan fingerprint density at radius 3 is 2.33 bits per heavy atom. The summed E-state index contributed by atoms with van der Waals surface area (Å²) in [5, 5.41) is 12.0. The van der Waals surface area contributed by atoms with Gasteiger partial charge in [-0.1, -0.05) is 13.8 Å². The molecular weight excluding hydrogens is 464 g/mol. The maximum Gasteiger partial charge on any atom is 0.335 e. The van der Waals surface area contributed by atoms with E-state index in [2.05, 4.69) is 13.8 Å². The molecule has 4 saturated carbocycles. The molecule has 8 nitrogen and oxygen atoms in total. The summed E-state index contributed by atoms with van der Waals surface area (Å²) in [6, 6.07) is 3.22. The lowest BCUT2D eigenvalue weighted by Crippen LogP contribution is -2.65. The van der Waals surface area contributed by atoms with Gasteiger partial charge in [0.05, 0.1) is 11.9 Å². The predicted octanol–water partition coefficient (Wildman–Crippen LogP) is 3.49. The summed E-state index contributed by atoms with van der Waals surface area (Å²) in [7, 11) is 0. The smallest absolute Gasteiger partial charge is 0.335 e. The number of hydrogen-bond acceptors (Lipinski definition) is 8. The maximum absolute atomic E-state index is 12.2. The van der Waals surface area contributed by atoms with Gasteiger partial charge in [0.2, 0.25) is 0 Å². The molecular formula is C28H36O8. The molecule has 8 heteroatoms. The van der Waals surface area contributed by atoms with Crippen molar-refractivity contribution in [2.45, 2.75) is 108 Å². The molecule has 1 aromatic rings.